The lowest BCUT2D eigenvalue weighted by atomic mass is 10.1. The van der Waals surface area contributed by atoms with Gasteiger partial charge < -0.3 is 10.3 Å². The highest BCUT2D eigenvalue weighted by Crippen LogP contribution is 2.29. The van der Waals surface area contributed by atoms with Gasteiger partial charge in [0.15, 0.2) is 11.2 Å². The summed E-state index contributed by atoms with van der Waals surface area (Å²) >= 11 is 0. The maximum Gasteiger partial charge on any atom is 0.416 e. The van der Waals surface area contributed by atoms with Crippen LogP contribution in [-0.2, 0) is 29.4 Å². The van der Waals surface area contributed by atoms with Gasteiger partial charge in [-0.25, -0.2) is 4.98 Å². The second-order valence-corrected chi connectivity index (χ2v) is 9.59. The molecule has 3 aromatic heterocycles. The van der Waals surface area contributed by atoms with Gasteiger partial charge in [-0.2, -0.15) is 31.7 Å². The van der Waals surface area contributed by atoms with Gasteiger partial charge in [-0.3, -0.25) is 18.6 Å². The summed E-state index contributed by atoms with van der Waals surface area (Å²) in [5.41, 5.74) is -0.0609. The Morgan fingerprint density at radius 2 is 2.00 bits per heavy atom. The van der Waals surface area contributed by atoms with Crippen molar-refractivity contribution in [2.75, 3.05) is 17.6 Å². The maximum absolute atomic E-state index is 13.0. The van der Waals surface area contributed by atoms with Crippen LogP contribution >= 0.6 is 0 Å². The molecule has 0 fully saturated rings. The predicted molar refractivity (Wildman–Crippen MR) is 125 cm³/mol. The third-order valence-electron chi connectivity index (χ3n) is 5.21. The SMILES string of the molecule is CCCn1c(NCCS(=O)(=O)O)nc2nc(-c3cnn(Cc4cccc(C(F)(F)F)c4)c3)[nH]c2c1=O. The van der Waals surface area contributed by atoms with Crippen LogP contribution in [0.15, 0.2) is 41.5 Å². The van der Waals surface area contributed by atoms with Crippen molar-refractivity contribution in [1.82, 2.24) is 29.3 Å². The molecule has 36 heavy (non-hydrogen) atoms. The van der Waals surface area contributed by atoms with Gasteiger partial charge in [0, 0.05) is 19.3 Å². The molecule has 0 aliphatic heterocycles. The molecule has 15 heteroatoms. The number of hydrogen-bond donors (Lipinski definition) is 3. The van der Waals surface area contributed by atoms with E-state index in [-0.39, 0.29) is 36.0 Å². The third kappa shape index (κ3) is 5.73. The smallest absolute Gasteiger partial charge is 0.354 e. The minimum atomic E-state index is -4.45. The van der Waals surface area contributed by atoms with Crippen molar-refractivity contribution in [3.63, 3.8) is 0 Å². The Morgan fingerprint density at radius 3 is 2.69 bits per heavy atom. The summed E-state index contributed by atoms with van der Waals surface area (Å²) in [5, 5.41) is 6.92. The van der Waals surface area contributed by atoms with E-state index in [9.17, 15) is 26.4 Å². The number of H-pyrrole nitrogens is 1. The van der Waals surface area contributed by atoms with E-state index in [0.29, 0.717) is 24.1 Å². The average Bonchev–Trinajstić information content (AvgIpc) is 3.42. The first-order valence-corrected chi connectivity index (χ1v) is 12.4. The molecular formula is C21H22F3N7O4S. The van der Waals surface area contributed by atoms with E-state index in [1.165, 1.54) is 21.5 Å². The zero-order valence-electron chi connectivity index (χ0n) is 18.9. The van der Waals surface area contributed by atoms with Crippen molar-refractivity contribution in [2.45, 2.75) is 32.6 Å². The minimum Gasteiger partial charge on any atom is -0.354 e. The molecular weight excluding hydrogens is 503 g/mol. The van der Waals surface area contributed by atoms with Crippen LogP contribution in [0.2, 0.25) is 0 Å². The number of rotatable bonds is 9. The number of alkyl halides is 3. The molecule has 0 aliphatic carbocycles. The monoisotopic (exact) mass is 525 g/mol. The van der Waals surface area contributed by atoms with Crippen LogP contribution in [0.4, 0.5) is 19.1 Å². The first-order valence-electron chi connectivity index (χ1n) is 10.8. The van der Waals surface area contributed by atoms with E-state index < -0.39 is 33.2 Å². The number of nitrogens with zero attached hydrogens (tertiary/aromatic N) is 5. The Hall–Kier alpha value is -3.72. The van der Waals surface area contributed by atoms with Gasteiger partial charge in [0.1, 0.15) is 5.82 Å². The summed E-state index contributed by atoms with van der Waals surface area (Å²) in [7, 11) is -4.20. The van der Waals surface area contributed by atoms with E-state index in [2.05, 4.69) is 25.4 Å². The van der Waals surface area contributed by atoms with E-state index in [1.807, 2.05) is 6.92 Å². The topological polar surface area (TPSA) is 148 Å². The Balaban J connectivity index is 1.62. The van der Waals surface area contributed by atoms with Crippen molar-refractivity contribution in [3.05, 3.63) is 58.1 Å². The molecule has 0 amide bonds. The van der Waals surface area contributed by atoms with Gasteiger partial charge >= 0.3 is 6.18 Å². The molecule has 192 valence electrons. The standard InChI is InChI=1S/C21H22F3N7O4S/c1-2-7-31-19(32)16-18(29-20(31)25-6-8-36(33,34)35)28-17(27-16)14-10-26-30(12-14)11-13-4-3-5-15(9-13)21(22,23)24/h3-5,9-10,12H,2,6-8,11H2,1H3,(H,25,29)(H,27,28)(H,33,34,35). The number of benzene rings is 1. The highest BCUT2D eigenvalue weighted by atomic mass is 32.2. The number of nitrogens with one attached hydrogen (secondary N) is 2. The van der Waals surface area contributed by atoms with E-state index in [4.69, 9.17) is 4.55 Å². The molecule has 4 rings (SSSR count). The quantitative estimate of drug-likeness (QED) is 0.283. The summed E-state index contributed by atoms with van der Waals surface area (Å²) in [4.78, 5) is 24.6. The van der Waals surface area contributed by atoms with Gasteiger partial charge in [0.25, 0.3) is 15.7 Å². The second kappa shape index (κ2) is 9.73. The fraction of sp³-hybridized carbons (Fsp3) is 0.333. The van der Waals surface area contributed by atoms with Crippen LogP contribution in [0, 0.1) is 0 Å². The van der Waals surface area contributed by atoms with Crippen LogP contribution in [0.5, 0.6) is 0 Å². The molecule has 4 aromatic rings. The van der Waals surface area contributed by atoms with Crippen LogP contribution in [0.1, 0.15) is 24.5 Å². The Bertz CT molecular complexity index is 1560. The maximum atomic E-state index is 13.0. The van der Waals surface area contributed by atoms with Gasteiger partial charge in [-0.1, -0.05) is 19.1 Å². The molecule has 3 N–H and O–H groups in total. The van der Waals surface area contributed by atoms with Crippen LogP contribution in [0.25, 0.3) is 22.6 Å². The van der Waals surface area contributed by atoms with Gasteiger partial charge in [0.05, 0.1) is 29.6 Å². The Labute approximate surface area is 202 Å². The molecule has 11 nitrogen and oxygen atoms in total. The van der Waals surface area contributed by atoms with Gasteiger partial charge in [-0.15, -0.1) is 0 Å². The van der Waals surface area contributed by atoms with E-state index in [1.54, 1.807) is 12.3 Å². The van der Waals surface area contributed by atoms with Crippen molar-refractivity contribution in [3.8, 4) is 11.4 Å². The van der Waals surface area contributed by atoms with Gasteiger partial charge in [-0.05, 0) is 24.1 Å². The first-order chi connectivity index (χ1) is 16.9. The van der Waals surface area contributed by atoms with E-state index in [0.717, 1.165) is 12.1 Å². The molecule has 0 spiro atoms. The summed E-state index contributed by atoms with van der Waals surface area (Å²) < 4.78 is 72.7. The number of fused-ring (bicyclic) bond motifs is 1. The van der Waals surface area contributed by atoms with Crippen LogP contribution in [-0.4, -0.2) is 54.6 Å². The van der Waals surface area contributed by atoms with Crippen LogP contribution < -0.4 is 10.9 Å². The van der Waals surface area contributed by atoms with Crippen LogP contribution in [0.3, 0.4) is 0 Å². The fourth-order valence-electron chi connectivity index (χ4n) is 3.59. The highest BCUT2D eigenvalue weighted by molar-refractivity contribution is 7.85. The molecule has 0 aliphatic rings. The number of aromatic amines is 1. The number of aromatic nitrogens is 6. The molecule has 0 bridgehead atoms. The molecule has 0 radical (unpaired) electrons. The highest BCUT2D eigenvalue weighted by Gasteiger charge is 2.30. The van der Waals surface area contributed by atoms with Gasteiger partial charge in [0.2, 0.25) is 5.95 Å². The van der Waals surface area contributed by atoms with Crippen molar-refractivity contribution >= 4 is 27.2 Å². The normalized spacial score (nSPS) is 12.4. The second-order valence-electron chi connectivity index (χ2n) is 8.01. The fourth-order valence-corrected chi connectivity index (χ4v) is 3.95. The van der Waals surface area contributed by atoms with Crippen molar-refractivity contribution in [1.29, 1.82) is 0 Å². The zero-order chi connectivity index (χ0) is 26.1. The number of anilines is 1. The predicted octanol–water partition coefficient (Wildman–Crippen LogP) is 2.76. The Kier molecular flexibility index (Phi) is 6.86. The lowest BCUT2D eigenvalue weighted by molar-refractivity contribution is -0.137. The third-order valence-corrected chi connectivity index (χ3v) is 5.93. The van der Waals surface area contributed by atoms with E-state index >= 15 is 0 Å². The summed E-state index contributed by atoms with van der Waals surface area (Å²) in [6.07, 6.45) is -0.810. The molecule has 0 saturated heterocycles. The lowest BCUT2D eigenvalue weighted by Gasteiger charge is -2.12. The average molecular weight is 526 g/mol. The molecule has 0 saturated carbocycles. The zero-order valence-corrected chi connectivity index (χ0v) is 19.8. The number of halogens is 3. The largest absolute Gasteiger partial charge is 0.416 e. The molecule has 3 heterocycles. The molecule has 0 atom stereocenters. The first kappa shape index (κ1) is 25.4. The van der Waals surface area contributed by atoms with Crippen molar-refractivity contribution in [2.24, 2.45) is 0 Å². The number of hydrogen-bond acceptors (Lipinski definition) is 7. The van der Waals surface area contributed by atoms with Crippen molar-refractivity contribution < 1.29 is 26.1 Å². The molecule has 0 unspecified atom stereocenters. The summed E-state index contributed by atoms with van der Waals surface area (Å²) in [6.45, 7) is 2.09. The molecule has 1 aromatic carbocycles. The lowest BCUT2D eigenvalue weighted by Crippen LogP contribution is -2.27. The summed E-state index contributed by atoms with van der Waals surface area (Å²) in [6, 6.07) is 4.95. The number of imidazole rings is 1. The Morgan fingerprint density at radius 1 is 1.22 bits per heavy atom. The minimum absolute atomic E-state index is 0.0855. The summed E-state index contributed by atoms with van der Waals surface area (Å²) in [5.74, 6) is -0.177.